The molecule has 0 spiro atoms. The van der Waals surface area contributed by atoms with Crippen molar-refractivity contribution in [3.8, 4) is 0 Å². The zero-order valence-electron chi connectivity index (χ0n) is 9.33. The van der Waals surface area contributed by atoms with Gasteiger partial charge in [0.1, 0.15) is 5.82 Å². The summed E-state index contributed by atoms with van der Waals surface area (Å²) < 4.78 is 13.6. The number of nitrogens with two attached hydrogens (primary N) is 1. The van der Waals surface area contributed by atoms with E-state index in [4.69, 9.17) is 5.90 Å². The third-order valence-corrected chi connectivity index (χ3v) is 2.37. The zero-order valence-corrected chi connectivity index (χ0v) is 9.33. The van der Waals surface area contributed by atoms with Gasteiger partial charge in [-0.25, -0.2) is 10.3 Å². The largest absolute Gasteiger partial charge is 0.375 e. The molecule has 1 aromatic rings. The lowest BCUT2D eigenvalue weighted by Crippen LogP contribution is -2.12. The Bertz CT molecular complexity index is 328. The van der Waals surface area contributed by atoms with Crippen LogP contribution in [0.25, 0.3) is 0 Å². The van der Waals surface area contributed by atoms with Gasteiger partial charge in [-0.1, -0.05) is 13.0 Å². The monoisotopic (exact) mass is 212 g/mol. The predicted molar refractivity (Wildman–Crippen MR) is 59.3 cm³/mol. The fourth-order valence-corrected chi connectivity index (χ4v) is 1.43. The molecule has 1 rings (SSSR count). The maximum atomic E-state index is 13.6. The predicted octanol–water partition coefficient (Wildman–Crippen LogP) is 1.89. The number of hydrogen-bond acceptors (Lipinski definition) is 3. The average molecular weight is 212 g/mol. The summed E-state index contributed by atoms with van der Waals surface area (Å²) in [4.78, 5) is 6.28. The van der Waals surface area contributed by atoms with Crippen molar-refractivity contribution in [1.82, 2.24) is 0 Å². The Balaban J connectivity index is 2.91. The summed E-state index contributed by atoms with van der Waals surface area (Å²) in [6.07, 6.45) is 0. The Morgan fingerprint density at radius 3 is 2.60 bits per heavy atom. The molecule has 0 saturated carbocycles. The van der Waals surface area contributed by atoms with Crippen molar-refractivity contribution in [1.29, 1.82) is 0 Å². The number of nitrogens with zero attached hydrogens (tertiary/aromatic N) is 1. The van der Waals surface area contributed by atoms with Gasteiger partial charge in [-0.05, 0) is 17.7 Å². The van der Waals surface area contributed by atoms with Crippen molar-refractivity contribution in [2.24, 2.45) is 5.90 Å². The fraction of sp³-hybridized carbons (Fsp3) is 0.455. The maximum Gasteiger partial charge on any atom is 0.146 e. The number of hydrogen-bond donors (Lipinski definition) is 1. The first kappa shape index (κ1) is 11.9. The van der Waals surface area contributed by atoms with E-state index in [1.807, 2.05) is 27.1 Å². The van der Waals surface area contributed by atoms with E-state index in [0.717, 1.165) is 5.56 Å². The molecular weight excluding hydrogens is 195 g/mol. The van der Waals surface area contributed by atoms with Gasteiger partial charge >= 0.3 is 0 Å². The number of halogens is 1. The topological polar surface area (TPSA) is 38.5 Å². The normalized spacial score (nSPS) is 12.6. The molecule has 4 heteroatoms. The molecule has 1 aromatic carbocycles. The van der Waals surface area contributed by atoms with E-state index in [-0.39, 0.29) is 11.7 Å². The van der Waals surface area contributed by atoms with Crippen LogP contribution in [0.1, 0.15) is 18.4 Å². The van der Waals surface area contributed by atoms with Crippen molar-refractivity contribution >= 4 is 5.69 Å². The highest BCUT2D eigenvalue weighted by Crippen LogP contribution is 2.22. The van der Waals surface area contributed by atoms with Gasteiger partial charge in [0.05, 0.1) is 12.3 Å². The quantitative estimate of drug-likeness (QED) is 0.774. The molecule has 0 bridgehead atoms. The molecule has 1 unspecified atom stereocenters. The van der Waals surface area contributed by atoms with E-state index in [0.29, 0.717) is 12.3 Å². The third-order valence-electron chi connectivity index (χ3n) is 2.37. The number of rotatable bonds is 4. The first-order valence-electron chi connectivity index (χ1n) is 4.84. The molecule has 0 radical (unpaired) electrons. The van der Waals surface area contributed by atoms with E-state index in [2.05, 4.69) is 4.84 Å². The van der Waals surface area contributed by atoms with Gasteiger partial charge in [0.25, 0.3) is 0 Å². The van der Waals surface area contributed by atoms with Crippen LogP contribution in [0.15, 0.2) is 18.2 Å². The summed E-state index contributed by atoms with van der Waals surface area (Å²) in [6.45, 7) is 2.33. The van der Waals surface area contributed by atoms with E-state index in [1.165, 1.54) is 6.07 Å². The van der Waals surface area contributed by atoms with Crippen LogP contribution in [0.5, 0.6) is 0 Å². The molecule has 0 aromatic heterocycles. The van der Waals surface area contributed by atoms with Gasteiger partial charge < -0.3 is 9.74 Å². The summed E-state index contributed by atoms with van der Waals surface area (Å²) in [7, 11) is 3.62. The average Bonchev–Trinajstić information content (AvgIpc) is 2.17. The van der Waals surface area contributed by atoms with Crippen molar-refractivity contribution in [3.05, 3.63) is 29.6 Å². The molecule has 0 aliphatic carbocycles. The minimum absolute atomic E-state index is 0.0979. The highest BCUT2D eigenvalue weighted by atomic mass is 19.1. The van der Waals surface area contributed by atoms with Crippen LogP contribution in [0.2, 0.25) is 0 Å². The van der Waals surface area contributed by atoms with E-state index < -0.39 is 0 Å². The van der Waals surface area contributed by atoms with E-state index in [9.17, 15) is 4.39 Å². The minimum atomic E-state index is -0.221. The van der Waals surface area contributed by atoms with Crippen LogP contribution >= 0.6 is 0 Å². The van der Waals surface area contributed by atoms with Crippen molar-refractivity contribution in [2.45, 2.75) is 12.8 Å². The van der Waals surface area contributed by atoms with Gasteiger partial charge in [-0.2, -0.15) is 0 Å². The van der Waals surface area contributed by atoms with Gasteiger partial charge in [0.15, 0.2) is 0 Å². The molecule has 2 N–H and O–H groups in total. The summed E-state index contributed by atoms with van der Waals surface area (Å²) in [6, 6.07) is 5.18. The molecular formula is C11H17FN2O. The number of anilines is 1. The Labute approximate surface area is 89.6 Å². The molecule has 0 aliphatic heterocycles. The van der Waals surface area contributed by atoms with Crippen molar-refractivity contribution in [2.75, 3.05) is 25.6 Å². The molecule has 0 saturated heterocycles. The second-order valence-corrected chi connectivity index (χ2v) is 3.84. The highest BCUT2D eigenvalue weighted by Gasteiger charge is 2.10. The molecule has 0 heterocycles. The van der Waals surface area contributed by atoms with Gasteiger partial charge in [-0.15, -0.1) is 0 Å². The Morgan fingerprint density at radius 1 is 1.47 bits per heavy atom. The van der Waals surface area contributed by atoms with Crippen molar-refractivity contribution in [3.63, 3.8) is 0 Å². The van der Waals surface area contributed by atoms with Gasteiger partial charge in [0.2, 0.25) is 0 Å². The molecule has 15 heavy (non-hydrogen) atoms. The Kier molecular flexibility index (Phi) is 4.05. The maximum absolute atomic E-state index is 13.6. The molecule has 0 fully saturated rings. The second kappa shape index (κ2) is 5.09. The Hall–Kier alpha value is -1.13. The van der Waals surface area contributed by atoms with Crippen molar-refractivity contribution < 1.29 is 9.23 Å². The van der Waals surface area contributed by atoms with Crippen LogP contribution in [0, 0.1) is 5.82 Å². The van der Waals surface area contributed by atoms with Gasteiger partial charge in [-0.3, -0.25) is 0 Å². The highest BCUT2D eigenvalue weighted by molar-refractivity contribution is 5.48. The molecule has 84 valence electrons. The first-order valence-corrected chi connectivity index (χ1v) is 4.84. The lowest BCUT2D eigenvalue weighted by atomic mass is 10.0. The summed E-state index contributed by atoms with van der Waals surface area (Å²) in [5, 5.41) is 0. The SMILES string of the molecule is CC(CON)c1ccc(N(C)C)c(F)c1. The third kappa shape index (κ3) is 2.91. The molecule has 3 nitrogen and oxygen atoms in total. The summed E-state index contributed by atoms with van der Waals surface area (Å²) in [5.41, 5.74) is 1.48. The molecule has 0 amide bonds. The van der Waals surface area contributed by atoms with Crippen LogP contribution < -0.4 is 10.8 Å². The zero-order chi connectivity index (χ0) is 11.4. The van der Waals surface area contributed by atoms with Gasteiger partial charge in [0, 0.05) is 20.0 Å². The van der Waals surface area contributed by atoms with Crippen LogP contribution in [-0.2, 0) is 4.84 Å². The van der Waals surface area contributed by atoms with Crippen LogP contribution in [-0.4, -0.2) is 20.7 Å². The van der Waals surface area contributed by atoms with E-state index >= 15 is 0 Å². The molecule has 0 aliphatic rings. The lowest BCUT2D eigenvalue weighted by Gasteiger charge is -2.16. The van der Waals surface area contributed by atoms with E-state index in [1.54, 1.807) is 11.0 Å². The van der Waals surface area contributed by atoms with Crippen LogP contribution in [0.3, 0.4) is 0 Å². The number of benzene rings is 1. The summed E-state index contributed by atoms with van der Waals surface area (Å²) in [5.74, 6) is 4.86. The smallest absolute Gasteiger partial charge is 0.146 e. The minimum Gasteiger partial charge on any atom is -0.375 e. The second-order valence-electron chi connectivity index (χ2n) is 3.84. The first-order chi connectivity index (χ1) is 7.06. The fourth-order valence-electron chi connectivity index (χ4n) is 1.43. The Morgan fingerprint density at radius 2 is 2.13 bits per heavy atom. The summed E-state index contributed by atoms with van der Waals surface area (Å²) >= 11 is 0. The van der Waals surface area contributed by atoms with Crippen LogP contribution in [0.4, 0.5) is 10.1 Å². The molecule has 1 atom stereocenters. The standard InChI is InChI=1S/C11H17FN2O/c1-8(7-15-13)9-4-5-11(14(2)3)10(12)6-9/h4-6,8H,7,13H2,1-3H3. The lowest BCUT2D eigenvalue weighted by molar-refractivity contribution is 0.126.